The third kappa shape index (κ3) is 5.04. The molecule has 3 nitrogen and oxygen atoms in total. The van der Waals surface area contributed by atoms with E-state index in [0.717, 1.165) is 0 Å². The molecule has 1 N–H and O–H groups in total. The van der Waals surface area contributed by atoms with E-state index in [-0.39, 0.29) is 4.90 Å². The molecule has 0 spiro atoms. The topological polar surface area (TPSA) is 36.1 Å². The van der Waals surface area contributed by atoms with Crippen LogP contribution >= 0.6 is 0 Å². The molecule has 0 fully saturated rings. The van der Waals surface area contributed by atoms with Gasteiger partial charge in [0.25, 0.3) is 5.56 Å². The molecule has 1 aromatic carbocycles. The number of rotatable bonds is 3. The van der Waals surface area contributed by atoms with Crippen LogP contribution in [0.3, 0.4) is 0 Å². The Morgan fingerprint density at radius 3 is 1.85 bits per heavy atom. The molecule has 0 amide bonds. The summed E-state index contributed by atoms with van der Waals surface area (Å²) in [5, 5.41) is -1.08. The number of benzene rings is 1. The first-order chi connectivity index (χ1) is 12.1. The van der Waals surface area contributed by atoms with Gasteiger partial charge in [0.1, 0.15) is 18.7 Å². The standard InChI is InChI=1S/C14H8F10N2O/c15-10-9(14(22,23)24)7-3-6(1-2-8(7)25-11(10)27)26(4-12(16,17)18)5-13(19,20)21/h1-3H,4-5H2,(H,25,27). The normalized spacial score (nSPS) is 13.3. The molecule has 2 rings (SSSR count). The lowest BCUT2D eigenvalue weighted by Crippen LogP contribution is -2.40. The van der Waals surface area contributed by atoms with Crippen LogP contribution in [-0.2, 0) is 6.18 Å². The fourth-order valence-electron chi connectivity index (χ4n) is 2.40. The summed E-state index contributed by atoms with van der Waals surface area (Å²) in [6, 6.07) is 1.64. The number of hydrogen-bond acceptors (Lipinski definition) is 2. The quantitative estimate of drug-likeness (QED) is 0.750. The molecule has 150 valence electrons. The molecule has 0 saturated heterocycles. The number of pyridine rings is 1. The summed E-state index contributed by atoms with van der Waals surface area (Å²) in [5.74, 6) is -2.25. The number of alkyl halides is 9. The van der Waals surface area contributed by atoms with Crippen molar-refractivity contribution in [2.45, 2.75) is 18.5 Å². The highest BCUT2D eigenvalue weighted by atomic mass is 19.4. The molecule has 2 aromatic rings. The van der Waals surface area contributed by atoms with Gasteiger partial charge in [0, 0.05) is 16.6 Å². The average molecular weight is 410 g/mol. The van der Waals surface area contributed by atoms with E-state index >= 15 is 0 Å². The number of nitrogens with zero attached hydrogens (tertiary/aromatic N) is 1. The zero-order valence-electron chi connectivity index (χ0n) is 12.8. The first-order valence-corrected chi connectivity index (χ1v) is 6.90. The summed E-state index contributed by atoms with van der Waals surface area (Å²) >= 11 is 0. The molecular formula is C14H8F10N2O. The SMILES string of the molecule is O=c1[nH]c2ccc(N(CC(F)(F)F)CC(F)(F)F)cc2c(C(F)(F)F)c1F. The van der Waals surface area contributed by atoms with Crippen LogP contribution in [0.15, 0.2) is 23.0 Å². The molecule has 1 aromatic heterocycles. The number of aromatic nitrogens is 1. The lowest BCUT2D eigenvalue weighted by atomic mass is 10.1. The highest BCUT2D eigenvalue weighted by Gasteiger charge is 2.40. The molecule has 27 heavy (non-hydrogen) atoms. The van der Waals surface area contributed by atoms with E-state index < -0.39 is 65.1 Å². The van der Waals surface area contributed by atoms with Gasteiger partial charge < -0.3 is 9.88 Å². The lowest BCUT2D eigenvalue weighted by Gasteiger charge is -2.27. The van der Waals surface area contributed by atoms with Crippen molar-refractivity contribution in [2.24, 2.45) is 0 Å². The molecule has 0 aliphatic carbocycles. The van der Waals surface area contributed by atoms with Crippen molar-refractivity contribution in [3.63, 3.8) is 0 Å². The van der Waals surface area contributed by atoms with E-state index in [0.29, 0.717) is 18.2 Å². The van der Waals surface area contributed by atoms with Gasteiger partial charge in [-0.3, -0.25) is 4.79 Å². The van der Waals surface area contributed by atoms with Crippen molar-refractivity contribution in [3.8, 4) is 0 Å². The van der Waals surface area contributed by atoms with Crippen molar-refractivity contribution < 1.29 is 43.9 Å². The van der Waals surface area contributed by atoms with Crippen LogP contribution in [0.2, 0.25) is 0 Å². The second-order valence-electron chi connectivity index (χ2n) is 5.46. The van der Waals surface area contributed by atoms with Gasteiger partial charge in [0.2, 0.25) is 5.82 Å². The van der Waals surface area contributed by atoms with Crippen LogP contribution in [-0.4, -0.2) is 30.4 Å². The zero-order chi connectivity index (χ0) is 20.8. The Labute approximate surface area is 143 Å². The van der Waals surface area contributed by atoms with Crippen molar-refractivity contribution in [1.29, 1.82) is 0 Å². The smallest absolute Gasteiger partial charge is 0.353 e. The minimum absolute atomic E-state index is 0.247. The van der Waals surface area contributed by atoms with Crippen LogP contribution in [0.5, 0.6) is 0 Å². The first kappa shape index (κ1) is 20.8. The Morgan fingerprint density at radius 2 is 1.41 bits per heavy atom. The number of anilines is 1. The summed E-state index contributed by atoms with van der Waals surface area (Å²) in [6.45, 7) is -4.21. The molecule has 0 atom stereocenters. The van der Waals surface area contributed by atoms with Crippen molar-refractivity contribution in [1.82, 2.24) is 4.98 Å². The molecule has 0 aliphatic rings. The second-order valence-corrected chi connectivity index (χ2v) is 5.46. The largest absolute Gasteiger partial charge is 0.420 e. The number of halogens is 10. The van der Waals surface area contributed by atoms with Crippen LogP contribution in [0.25, 0.3) is 10.9 Å². The summed E-state index contributed by atoms with van der Waals surface area (Å²) in [5.41, 5.74) is -5.29. The average Bonchev–Trinajstić information content (AvgIpc) is 2.43. The second kappa shape index (κ2) is 6.60. The Balaban J connectivity index is 2.70. The van der Waals surface area contributed by atoms with Gasteiger partial charge in [-0.25, -0.2) is 4.39 Å². The number of aromatic amines is 1. The lowest BCUT2D eigenvalue weighted by molar-refractivity contribution is -0.139. The monoisotopic (exact) mass is 410 g/mol. The van der Waals surface area contributed by atoms with Crippen molar-refractivity contribution in [3.05, 3.63) is 39.9 Å². The van der Waals surface area contributed by atoms with Gasteiger partial charge in [-0.2, -0.15) is 39.5 Å². The first-order valence-electron chi connectivity index (χ1n) is 6.90. The van der Waals surface area contributed by atoms with Gasteiger partial charge in [-0.15, -0.1) is 0 Å². The molecule has 0 unspecified atom stereocenters. The number of fused-ring (bicyclic) bond motifs is 1. The predicted octanol–water partition coefficient (Wildman–Crippen LogP) is 4.62. The summed E-state index contributed by atoms with van der Waals surface area (Å²) in [6.07, 6.45) is -15.6. The Hall–Kier alpha value is -2.47. The molecule has 1 heterocycles. The Morgan fingerprint density at radius 1 is 0.889 bits per heavy atom. The maximum atomic E-state index is 13.7. The van der Waals surface area contributed by atoms with E-state index in [1.807, 2.05) is 0 Å². The van der Waals surface area contributed by atoms with Gasteiger partial charge in [0.15, 0.2) is 0 Å². The summed E-state index contributed by atoms with van der Waals surface area (Å²) in [7, 11) is 0. The fraction of sp³-hybridized carbons (Fsp3) is 0.357. The van der Waals surface area contributed by atoms with E-state index in [1.54, 1.807) is 4.98 Å². The third-order valence-corrected chi connectivity index (χ3v) is 3.33. The Kier molecular flexibility index (Phi) is 5.10. The maximum absolute atomic E-state index is 13.7. The van der Waals surface area contributed by atoms with Gasteiger partial charge in [-0.1, -0.05) is 0 Å². The van der Waals surface area contributed by atoms with Crippen LogP contribution in [0.4, 0.5) is 49.6 Å². The molecule has 0 radical (unpaired) electrons. The molecule has 0 saturated carbocycles. The van der Waals surface area contributed by atoms with E-state index in [9.17, 15) is 48.7 Å². The van der Waals surface area contributed by atoms with Crippen LogP contribution < -0.4 is 10.5 Å². The van der Waals surface area contributed by atoms with Crippen molar-refractivity contribution >= 4 is 16.6 Å². The van der Waals surface area contributed by atoms with Gasteiger partial charge >= 0.3 is 18.5 Å². The minimum Gasteiger partial charge on any atom is -0.353 e. The molecule has 0 aliphatic heterocycles. The fourth-order valence-corrected chi connectivity index (χ4v) is 2.40. The zero-order valence-corrected chi connectivity index (χ0v) is 12.8. The van der Waals surface area contributed by atoms with E-state index in [4.69, 9.17) is 0 Å². The number of H-pyrrole nitrogens is 1. The summed E-state index contributed by atoms with van der Waals surface area (Å²) in [4.78, 5) is 12.7. The van der Waals surface area contributed by atoms with E-state index in [1.165, 1.54) is 0 Å². The summed E-state index contributed by atoms with van der Waals surface area (Å²) < 4.78 is 128. The van der Waals surface area contributed by atoms with Gasteiger partial charge in [0.05, 0.1) is 0 Å². The van der Waals surface area contributed by atoms with E-state index in [2.05, 4.69) is 0 Å². The minimum atomic E-state index is -5.41. The molecule has 13 heteroatoms. The highest BCUT2D eigenvalue weighted by molar-refractivity contribution is 5.86. The van der Waals surface area contributed by atoms with Crippen LogP contribution in [0, 0.1) is 5.82 Å². The highest BCUT2D eigenvalue weighted by Crippen LogP contribution is 2.37. The third-order valence-electron chi connectivity index (χ3n) is 3.33. The van der Waals surface area contributed by atoms with Gasteiger partial charge in [-0.05, 0) is 18.2 Å². The predicted molar refractivity (Wildman–Crippen MR) is 73.9 cm³/mol. The Bertz CT molecular complexity index is 878. The number of hydrogen-bond donors (Lipinski definition) is 1. The molecular weight excluding hydrogens is 402 g/mol. The number of nitrogens with one attached hydrogen (secondary N) is 1. The maximum Gasteiger partial charge on any atom is 0.420 e. The molecule has 0 bridgehead atoms. The van der Waals surface area contributed by atoms with Crippen LogP contribution in [0.1, 0.15) is 5.56 Å². The van der Waals surface area contributed by atoms with Crippen molar-refractivity contribution in [2.75, 3.05) is 18.0 Å².